The summed E-state index contributed by atoms with van der Waals surface area (Å²) in [6.07, 6.45) is 0.743. The molecule has 124 valence electrons. The van der Waals surface area contributed by atoms with Gasteiger partial charge in [0.15, 0.2) is 0 Å². The van der Waals surface area contributed by atoms with Crippen LogP contribution in [0.1, 0.15) is 17.4 Å². The van der Waals surface area contributed by atoms with Crippen molar-refractivity contribution >= 4 is 0 Å². The zero-order chi connectivity index (χ0) is 17.1. The maximum absolute atomic E-state index is 14.1. The van der Waals surface area contributed by atoms with Crippen molar-refractivity contribution in [1.29, 1.82) is 0 Å². The van der Waals surface area contributed by atoms with Crippen LogP contribution >= 0.6 is 0 Å². The van der Waals surface area contributed by atoms with Gasteiger partial charge >= 0.3 is 0 Å². The van der Waals surface area contributed by atoms with Gasteiger partial charge in [-0.15, -0.1) is 0 Å². The first-order chi connectivity index (χ1) is 11.7. The lowest BCUT2D eigenvalue weighted by Crippen LogP contribution is -2.09. The highest BCUT2D eigenvalue weighted by atomic mass is 19.1. The highest BCUT2D eigenvalue weighted by Gasteiger charge is 2.20. The number of nitrogens with zero attached hydrogens (tertiary/aromatic N) is 1. The SMILES string of the molecule is COc1ccc(C(O)c2cccn2-c2ccccc2F)c(OC)c1. The third kappa shape index (κ3) is 2.86. The van der Waals surface area contributed by atoms with Crippen LogP contribution in [-0.4, -0.2) is 23.9 Å². The van der Waals surface area contributed by atoms with E-state index in [0.717, 1.165) is 0 Å². The van der Waals surface area contributed by atoms with Gasteiger partial charge < -0.3 is 19.1 Å². The number of aliphatic hydroxyl groups excluding tert-OH is 1. The molecule has 0 spiro atoms. The van der Waals surface area contributed by atoms with Gasteiger partial charge in [-0.2, -0.15) is 0 Å². The average Bonchev–Trinajstić information content (AvgIpc) is 3.10. The van der Waals surface area contributed by atoms with Crippen LogP contribution < -0.4 is 9.47 Å². The molecule has 0 bridgehead atoms. The molecule has 2 aromatic carbocycles. The molecule has 3 rings (SSSR count). The summed E-state index contributed by atoms with van der Waals surface area (Å²) < 4.78 is 26.3. The molecule has 1 unspecified atom stereocenters. The molecule has 0 aliphatic heterocycles. The van der Waals surface area contributed by atoms with Gasteiger partial charge in [0.1, 0.15) is 23.4 Å². The molecular formula is C19H18FNO3. The van der Waals surface area contributed by atoms with Gasteiger partial charge in [-0.1, -0.05) is 12.1 Å². The smallest absolute Gasteiger partial charge is 0.147 e. The van der Waals surface area contributed by atoms with Gasteiger partial charge in [-0.3, -0.25) is 0 Å². The number of para-hydroxylation sites is 1. The van der Waals surface area contributed by atoms with Crippen LogP contribution in [0.3, 0.4) is 0 Å². The minimum Gasteiger partial charge on any atom is -0.497 e. The number of halogens is 1. The van der Waals surface area contributed by atoms with Crippen molar-refractivity contribution in [2.24, 2.45) is 0 Å². The first-order valence-corrected chi connectivity index (χ1v) is 7.48. The van der Waals surface area contributed by atoms with E-state index in [1.54, 1.807) is 66.4 Å². The summed E-state index contributed by atoms with van der Waals surface area (Å²) in [7, 11) is 3.09. The molecule has 1 heterocycles. The quantitative estimate of drug-likeness (QED) is 0.777. The van der Waals surface area contributed by atoms with E-state index in [1.807, 2.05) is 0 Å². The molecular weight excluding hydrogens is 309 g/mol. The maximum atomic E-state index is 14.1. The fourth-order valence-corrected chi connectivity index (χ4v) is 2.69. The Morgan fingerprint density at radius 2 is 1.79 bits per heavy atom. The number of benzene rings is 2. The van der Waals surface area contributed by atoms with Gasteiger partial charge in [0.2, 0.25) is 0 Å². The summed E-state index contributed by atoms with van der Waals surface area (Å²) in [4.78, 5) is 0. The summed E-state index contributed by atoms with van der Waals surface area (Å²) in [5.74, 6) is 0.777. The van der Waals surface area contributed by atoms with E-state index in [-0.39, 0.29) is 5.82 Å². The Bertz CT molecular complexity index is 844. The second kappa shape index (κ2) is 6.76. The van der Waals surface area contributed by atoms with Crippen LogP contribution in [0.15, 0.2) is 60.8 Å². The van der Waals surface area contributed by atoms with Crippen molar-refractivity contribution in [2.75, 3.05) is 14.2 Å². The van der Waals surface area contributed by atoms with Crippen molar-refractivity contribution < 1.29 is 19.0 Å². The van der Waals surface area contributed by atoms with Gasteiger partial charge in [-0.05, 0) is 36.4 Å². The van der Waals surface area contributed by atoms with Crippen LogP contribution in [0, 0.1) is 5.82 Å². The Balaban J connectivity index is 2.05. The number of rotatable bonds is 5. The number of hydrogen-bond donors (Lipinski definition) is 1. The van der Waals surface area contributed by atoms with E-state index < -0.39 is 6.10 Å². The number of hydrogen-bond acceptors (Lipinski definition) is 3. The van der Waals surface area contributed by atoms with Crippen molar-refractivity contribution in [3.8, 4) is 17.2 Å². The van der Waals surface area contributed by atoms with Crippen molar-refractivity contribution in [1.82, 2.24) is 4.57 Å². The fraction of sp³-hybridized carbons (Fsp3) is 0.158. The van der Waals surface area contributed by atoms with Crippen LogP contribution in [0.2, 0.25) is 0 Å². The molecule has 0 radical (unpaired) electrons. The molecule has 1 aromatic heterocycles. The first kappa shape index (κ1) is 16.1. The summed E-state index contributed by atoms with van der Waals surface area (Å²) in [6.45, 7) is 0. The minimum atomic E-state index is -0.972. The third-order valence-corrected chi connectivity index (χ3v) is 3.91. The van der Waals surface area contributed by atoms with E-state index in [0.29, 0.717) is 28.4 Å². The number of methoxy groups -OCH3 is 2. The van der Waals surface area contributed by atoms with E-state index in [4.69, 9.17) is 9.47 Å². The molecule has 0 saturated heterocycles. The summed E-state index contributed by atoms with van der Waals surface area (Å²) in [5.41, 5.74) is 1.50. The molecule has 24 heavy (non-hydrogen) atoms. The normalized spacial score (nSPS) is 12.0. The van der Waals surface area contributed by atoms with E-state index >= 15 is 0 Å². The Hall–Kier alpha value is -2.79. The second-order valence-electron chi connectivity index (χ2n) is 5.26. The van der Waals surface area contributed by atoms with Gasteiger partial charge in [-0.25, -0.2) is 4.39 Å². The maximum Gasteiger partial charge on any atom is 0.147 e. The average molecular weight is 327 g/mol. The van der Waals surface area contributed by atoms with Crippen LogP contribution in [-0.2, 0) is 0 Å². The summed E-state index contributed by atoms with van der Waals surface area (Å²) >= 11 is 0. The van der Waals surface area contributed by atoms with Crippen LogP contribution in [0.4, 0.5) is 4.39 Å². The predicted octanol–water partition coefficient (Wildman–Crippen LogP) is 3.72. The van der Waals surface area contributed by atoms with Crippen LogP contribution in [0.5, 0.6) is 11.5 Å². The Kier molecular flexibility index (Phi) is 4.53. The lowest BCUT2D eigenvalue weighted by molar-refractivity contribution is 0.207. The van der Waals surface area contributed by atoms with Crippen molar-refractivity contribution in [2.45, 2.75) is 6.10 Å². The van der Waals surface area contributed by atoms with E-state index in [1.165, 1.54) is 13.2 Å². The lowest BCUT2D eigenvalue weighted by Gasteiger charge is -2.18. The first-order valence-electron chi connectivity index (χ1n) is 7.48. The molecule has 3 aromatic rings. The number of ether oxygens (including phenoxy) is 2. The Labute approximate surface area is 139 Å². The standard InChI is InChI=1S/C19H18FNO3/c1-23-13-9-10-14(18(12-13)24-2)19(22)17-8-5-11-21(17)16-7-4-3-6-15(16)20/h3-12,19,22H,1-2H3. The molecule has 0 aliphatic carbocycles. The molecule has 0 fully saturated rings. The van der Waals surface area contributed by atoms with Crippen LogP contribution in [0.25, 0.3) is 5.69 Å². The Morgan fingerprint density at radius 1 is 1.00 bits per heavy atom. The van der Waals surface area contributed by atoms with Crippen molar-refractivity contribution in [3.63, 3.8) is 0 Å². The van der Waals surface area contributed by atoms with Crippen molar-refractivity contribution in [3.05, 3.63) is 77.9 Å². The Morgan fingerprint density at radius 3 is 2.50 bits per heavy atom. The monoisotopic (exact) mass is 327 g/mol. The fourth-order valence-electron chi connectivity index (χ4n) is 2.69. The highest BCUT2D eigenvalue weighted by molar-refractivity contribution is 5.46. The lowest BCUT2D eigenvalue weighted by atomic mass is 10.0. The molecule has 1 N–H and O–H groups in total. The van der Waals surface area contributed by atoms with Gasteiger partial charge in [0, 0.05) is 17.8 Å². The second-order valence-corrected chi connectivity index (χ2v) is 5.26. The largest absolute Gasteiger partial charge is 0.497 e. The molecule has 0 aliphatic rings. The molecule has 0 amide bonds. The topological polar surface area (TPSA) is 43.6 Å². The zero-order valence-corrected chi connectivity index (χ0v) is 13.4. The van der Waals surface area contributed by atoms with Gasteiger partial charge in [0.25, 0.3) is 0 Å². The highest BCUT2D eigenvalue weighted by Crippen LogP contribution is 2.34. The number of aromatic nitrogens is 1. The molecule has 0 saturated carbocycles. The molecule has 1 atom stereocenters. The molecule has 5 heteroatoms. The third-order valence-electron chi connectivity index (χ3n) is 3.91. The van der Waals surface area contributed by atoms with Gasteiger partial charge in [0.05, 0.1) is 25.6 Å². The summed E-state index contributed by atoms with van der Waals surface area (Å²) in [6, 6.07) is 15.1. The number of aliphatic hydroxyl groups is 1. The predicted molar refractivity (Wildman–Crippen MR) is 89.3 cm³/mol. The zero-order valence-electron chi connectivity index (χ0n) is 13.4. The summed E-state index contributed by atoms with van der Waals surface area (Å²) in [5, 5.41) is 10.8. The van der Waals surface area contributed by atoms with E-state index in [2.05, 4.69) is 0 Å². The van der Waals surface area contributed by atoms with E-state index in [9.17, 15) is 9.50 Å². The minimum absolute atomic E-state index is 0.358. The molecule has 4 nitrogen and oxygen atoms in total.